The smallest absolute Gasteiger partial charge is 0.250 e. The molecule has 16 heavy (non-hydrogen) atoms. The van der Waals surface area contributed by atoms with Crippen LogP contribution in [0.3, 0.4) is 0 Å². The fourth-order valence-electron chi connectivity index (χ4n) is 1.50. The number of benzene rings is 1. The van der Waals surface area contributed by atoms with Crippen molar-refractivity contribution >= 4 is 11.6 Å². The van der Waals surface area contributed by atoms with E-state index >= 15 is 0 Å². The van der Waals surface area contributed by atoms with Crippen LogP contribution in [0.1, 0.15) is 16.1 Å². The largest absolute Gasteiger partial charge is 0.399 e. The zero-order valence-corrected chi connectivity index (χ0v) is 8.84. The topological polar surface area (TPSA) is 86.9 Å². The van der Waals surface area contributed by atoms with Crippen LogP contribution in [0.25, 0.3) is 5.69 Å². The predicted octanol–water partition coefficient (Wildman–Crippen LogP) is 0.862. The number of anilines is 1. The Hall–Kier alpha value is -2.30. The van der Waals surface area contributed by atoms with Gasteiger partial charge in [-0.05, 0) is 31.2 Å². The van der Waals surface area contributed by atoms with Gasteiger partial charge in [0.2, 0.25) is 0 Å². The molecule has 5 nitrogen and oxygen atoms in total. The summed E-state index contributed by atoms with van der Waals surface area (Å²) < 4.78 is 1.59. The van der Waals surface area contributed by atoms with Crippen molar-refractivity contribution < 1.29 is 4.79 Å². The minimum atomic E-state index is -0.497. The molecular formula is C11H12N4O. The summed E-state index contributed by atoms with van der Waals surface area (Å²) in [4.78, 5) is 11.3. The van der Waals surface area contributed by atoms with E-state index in [2.05, 4.69) is 5.10 Å². The van der Waals surface area contributed by atoms with E-state index in [0.717, 1.165) is 5.69 Å². The first-order valence-electron chi connectivity index (χ1n) is 4.80. The second kappa shape index (κ2) is 3.69. The summed E-state index contributed by atoms with van der Waals surface area (Å²) in [5.41, 5.74) is 13.4. The fraction of sp³-hybridized carbons (Fsp3) is 0.0909. The van der Waals surface area contributed by atoms with Crippen molar-refractivity contribution in [1.29, 1.82) is 0 Å². The molecule has 0 saturated heterocycles. The molecule has 82 valence electrons. The SMILES string of the molecule is Cc1ccn(-c2cc(N)ccc2C(N)=O)n1. The van der Waals surface area contributed by atoms with Crippen molar-refractivity contribution in [3.63, 3.8) is 0 Å². The molecule has 0 unspecified atom stereocenters. The molecular weight excluding hydrogens is 204 g/mol. The van der Waals surface area contributed by atoms with Crippen LogP contribution in [0.2, 0.25) is 0 Å². The Kier molecular flexibility index (Phi) is 2.36. The number of nitrogens with zero attached hydrogens (tertiary/aromatic N) is 2. The van der Waals surface area contributed by atoms with Crippen molar-refractivity contribution in [3.8, 4) is 5.69 Å². The molecule has 2 rings (SSSR count). The third kappa shape index (κ3) is 1.75. The lowest BCUT2D eigenvalue weighted by Crippen LogP contribution is -2.15. The summed E-state index contributed by atoms with van der Waals surface area (Å²) in [7, 11) is 0. The number of nitrogen functional groups attached to an aromatic ring is 1. The van der Waals surface area contributed by atoms with Gasteiger partial charge in [0.05, 0.1) is 16.9 Å². The molecule has 0 spiro atoms. The Bertz CT molecular complexity index is 545. The lowest BCUT2D eigenvalue weighted by Gasteiger charge is -2.07. The summed E-state index contributed by atoms with van der Waals surface area (Å²) in [6, 6.07) is 6.75. The number of amides is 1. The molecule has 1 amide bonds. The first-order valence-corrected chi connectivity index (χ1v) is 4.80. The molecule has 1 aromatic heterocycles. The maximum atomic E-state index is 11.3. The average molecular weight is 216 g/mol. The number of carbonyl (C=O) groups excluding carboxylic acids is 1. The van der Waals surface area contributed by atoms with E-state index < -0.39 is 5.91 Å². The first-order chi connectivity index (χ1) is 7.58. The Labute approximate surface area is 92.7 Å². The molecule has 0 fully saturated rings. The highest BCUT2D eigenvalue weighted by molar-refractivity contribution is 5.97. The molecule has 0 aliphatic heterocycles. The van der Waals surface area contributed by atoms with Gasteiger partial charge in [-0.25, -0.2) is 4.68 Å². The first kappa shape index (κ1) is 10.2. The van der Waals surface area contributed by atoms with Crippen molar-refractivity contribution in [2.24, 2.45) is 5.73 Å². The fourth-order valence-corrected chi connectivity index (χ4v) is 1.50. The lowest BCUT2D eigenvalue weighted by molar-refractivity contribution is 0.1000. The van der Waals surface area contributed by atoms with E-state index in [4.69, 9.17) is 11.5 Å². The van der Waals surface area contributed by atoms with Gasteiger partial charge in [-0.2, -0.15) is 5.10 Å². The number of hydrogen-bond acceptors (Lipinski definition) is 3. The Morgan fingerprint density at radius 2 is 2.12 bits per heavy atom. The quantitative estimate of drug-likeness (QED) is 0.730. The number of rotatable bonds is 2. The molecule has 5 heteroatoms. The van der Waals surface area contributed by atoms with E-state index in [0.29, 0.717) is 16.9 Å². The van der Waals surface area contributed by atoms with Crippen molar-refractivity contribution in [2.75, 3.05) is 5.73 Å². The van der Waals surface area contributed by atoms with E-state index in [1.54, 1.807) is 29.1 Å². The summed E-state index contributed by atoms with van der Waals surface area (Å²) in [5.74, 6) is -0.497. The molecule has 1 aromatic carbocycles. The highest BCUT2D eigenvalue weighted by Crippen LogP contribution is 2.17. The van der Waals surface area contributed by atoms with Crippen molar-refractivity contribution in [1.82, 2.24) is 9.78 Å². The normalized spacial score (nSPS) is 10.3. The lowest BCUT2D eigenvalue weighted by atomic mass is 10.1. The summed E-state index contributed by atoms with van der Waals surface area (Å²) in [5, 5.41) is 4.22. The maximum absolute atomic E-state index is 11.3. The van der Waals surface area contributed by atoms with Crippen LogP contribution >= 0.6 is 0 Å². The minimum absolute atomic E-state index is 0.400. The molecule has 1 heterocycles. The van der Waals surface area contributed by atoms with Crippen LogP contribution in [0.15, 0.2) is 30.5 Å². The summed E-state index contributed by atoms with van der Waals surface area (Å²) >= 11 is 0. The van der Waals surface area contributed by atoms with Gasteiger partial charge in [0.15, 0.2) is 0 Å². The summed E-state index contributed by atoms with van der Waals surface area (Å²) in [6.45, 7) is 1.87. The van der Waals surface area contributed by atoms with Crippen LogP contribution in [0, 0.1) is 6.92 Å². The standard InChI is InChI=1S/C11H12N4O/c1-7-4-5-15(14-7)10-6-8(12)2-3-9(10)11(13)16/h2-6H,12H2,1H3,(H2,13,16). The molecule has 2 aromatic rings. The number of aromatic nitrogens is 2. The Morgan fingerprint density at radius 1 is 1.38 bits per heavy atom. The van der Waals surface area contributed by atoms with Crippen LogP contribution in [-0.4, -0.2) is 15.7 Å². The van der Waals surface area contributed by atoms with Gasteiger partial charge in [-0.3, -0.25) is 4.79 Å². The second-order valence-electron chi connectivity index (χ2n) is 3.54. The highest BCUT2D eigenvalue weighted by Gasteiger charge is 2.10. The molecule has 4 N–H and O–H groups in total. The third-order valence-electron chi connectivity index (χ3n) is 2.26. The van der Waals surface area contributed by atoms with Gasteiger partial charge >= 0.3 is 0 Å². The van der Waals surface area contributed by atoms with E-state index in [9.17, 15) is 4.79 Å². The molecule has 0 bridgehead atoms. The molecule has 0 aliphatic rings. The van der Waals surface area contributed by atoms with Crippen LogP contribution < -0.4 is 11.5 Å². The van der Waals surface area contributed by atoms with Gasteiger partial charge in [0.1, 0.15) is 0 Å². The van der Waals surface area contributed by atoms with Gasteiger partial charge in [0.25, 0.3) is 5.91 Å². The summed E-state index contributed by atoms with van der Waals surface area (Å²) in [6.07, 6.45) is 1.76. The van der Waals surface area contributed by atoms with Crippen LogP contribution in [-0.2, 0) is 0 Å². The zero-order valence-electron chi connectivity index (χ0n) is 8.84. The van der Waals surface area contributed by atoms with Crippen molar-refractivity contribution in [3.05, 3.63) is 41.7 Å². The van der Waals surface area contributed by atoms with Gasteiger partial charge in [-0.15, -0.1) is 0 Å². The number of nitrogens with two attached hydrogens (primary N) is 2. The number of primary amides is 1. The zero-order chi connectivity index (χ0) is 11.7. The average Bonchev–Trinajstić information content (AvgIpc) is 2.64. The minimum Gasteiger partial charge on any atom is -0.399 e. The third-order valence-corrected chi connectivity index (χ3v) is 2.26. The number of hydrogen-bond donors (Lipinski definition) is 2. The van der Waals surface area contributed by atoms with Gasteiger partial charge in [0, 0.05) is 11.9 Å². The monoisotopic (exact) mass is 216 g/mol. The van der Waals surface area contributed by atoms with E-state index in [1.807, 2.05) is 13.0 Å². The predicted molar refractivity (Wildman–Crippen MR) is 61.2 cm³/mol. The molecule has 0 atom stereocenters. The van der Waals surface area contributed by atoms with Crippen molar-refractivity contribution in [2.45, 2.75) is 6.92 Å². The number of aryl methyl sites for hydroxylation is 1. The molecule has 0 radical (unpaired) electrons. The maximum Gasteiger partial charge on any atom is 0.250 e. The second-order valence-corrected chi connectivity index (χ2v) is 3.54. The molecule has 0 saturated carbocycles. The Morgan fingerprint density at radius 3 is 2.69 bits per heavy atom. The van der Waals surface area contributed by atoms with Crippen LogP contribution in [0.5, 0.6) is 0 Å². The Balaban J connectivity index is 2.62. The van der Waals surface area contributed by atoms with Gasteiger partial charge < -0.3 is 11.5 Å². The van der Waals surface area contributed by atoms with Crippen LogP contribution in [0.4, 0.5) is 5.69 Å². The molecule has 0 aliphatic carbocycles. The highest BCUT2D eigenvalue weighted by atomic mass is 16.1. The number of carbonyl (C=O) groups is 1. The van der Waals surface area contributed by atoms with E-state index in [-0.39, 0.29) is 0 Å². The van der Waals surface area contributed by atoms with E-state index in [1.165, 1.54) is 0 Å². The van der Waals surface area contributed by atoms with Gasteiger partial charge in [-0.1, -0.05) is 0 Å².